The first kappa shape index (κ1) is 23.4. The summed E-state index contributed by atoms with van der Waals surface area (Å²) < 4.78 is 26.8. The van der Waals surface area contributed by atoms with E-state index in [2.05, 4.69) is 22.4 Å². The first-order valence-corrected chi connectivity index (χ1v) is 12.0. The molecular weight excluding hydrogens is 420 g/mol. The second-order valence-electron chi connectivity index (χ2n) is 9.42. The van der Waals surface area contributed by atoms with Crippen LogP contribution in [-0.2, 0) is 24.1 Å². The summed E-state index contributed by atoms with van der Waals surface area (Å²) in [6, 6.07) is 11.8. The molecule has 1 N–H and O–H groups in total. The highest BCUT2D eigenvalue weighted by Crippen LogP contribution is 2.28. The van der Waals surface area contributed by atoms with Crippen LogP contribution in [0.3, 0.4) is 0 Å². The molecule has 0 spiro atoms. The number of nitriles is 1. The molecule has 0 saturated heterocycles. The van der Waals surface area contributed by atoms with Gasteiger partial charge in [-0.15, -0.1) is 0 Å². The molecule has 1 amide bonds. The molecule has 33 heavy (non-hydrogen) atoms. The van der Waals surface area contributed by atoms with E-state index in [9.17, 15) is 13.6 Å². The largest absolute Gasteiger partial charge is 0.353 e. The maximum Gasteiger partial charge on any atom is 0.224 e. The average Bonchev–Trinajstić information content (AvgIpc) is 3.02. The average molecular weight is 452 g/mol. The summed E-state index contributed by atoms with van der Waals surface area (Å²) in [5, 5.41) is 12.2. The van der Waals surface area contributed by atoms with Gasteiger partial charge in [0.25, 0.3) is 0 Å². The van der Waals surface area contributed by atoms with E-state index in [0.29, 0.717) is 5.92 Å². The Morgan fingerprint density at radius 3 is 2.52 bits per heavy atom. The molecule has 1 heterocycles. The second kappa shape index (κ2) is 10.9. The predicted octanol–water partition coefficient (Wildman–Crippen LogP) is 4.54. The van der Waals surface area contributed by atoms with Gasteiger partial charge in [-0.25, -0.2) is 8.78 Å². The number of carbonyl (C=O) groups excluding carboxylic acids is 1. The van der Waals surface area contributed by atoms with Crippen LogP contribution < -0.4 is 5.32 Å². The quantitative estimate of drug-likeness (QED) is 0.701. The van der Waals surface area contributed by atoms with Gasteiger partial charge in [0.1, 0.15) is 11.6 Å². The van der Waals surface area contributed by atoms with Crippen molar-refractivity contribution in [1.82, 2.24) is 10.2 Å². The van der Waals surface area contributed by atoms with Crippen LogP contribution in [-0.4, -0.2) is 36.5 Å². The molecule has 0 radical (unpaired) electrons. The van der Waals surface area contributed by atoms with Crippen LogP contribution in [0.4, 0.5) is 8.78 Å². The number of rotatable bonds is 6. The number of hydrogen-bond donors (Lipinski definition) is 1. The Kier molecular flexibility index (Phi) is 7.72. The molecule has 0 aromatic heterocycles. The van der Waals surface area contributed by atoms with Gasteiger partial charge in [-0.2, -0.15) is 5.26 Å². The zero-order valence-corrected chi connectivity index (χ0v) is 19.0. The highest BCUT2D eigenvalue weighted by Gasteiger charge is 2.24. The zero-order valence-electron chi connectivity index (χ0n) is 19.0. The van der Waals surface area contributed by atoms with E-state index in [4.69, 9.17) is 5.26 Å². The number of nitrogens with zero attached hydrogens (tertiary/aromatic N) is 2. The third-order valence-electron chi connectivity index (χ3n) is 7.16. The van der Waals surface area contributed by atoms with E-state index in [-0.39, 0.29) is 23.9 Å². The second-order valence-corrected chi connectivity index (χ2v) is 9.42. The Morgan fingerprint density at radius 1 is 1.03 bits per heavy atom. The van der Waals surface area contributed by atoms with Crippen molar-refractivity contribution in [1.29, 1.82) is 5.26 Å². The van der Waals surface area contributed by atoms with Crippen molar-refractivity contribution in [3.05, 3.63) is 70.3 Å². The van der Waals surface area contributed by atoms with Crippen molar-refractivity contribution < 1.29 is 13.6 Å². The Labute approximate surface area is 194 Å². The summed E-state index contributed by atoms with van der Waals surface area (Å²) in [4.78, 5) is 14.8. The highest BCUT2D eigenvalue weighted by molar-refractivity contribution is 5.78. The summed E-state index contributed by atoms with van der Waals surface area (Å²) in [5.74, 6) is -0.833. The minimum atomic E-state index is -0.670. The minimum absolute atomic E-state index is 0.0563. The lowest BCUT2D eigenvalue weighted by molar-refractivity contribution is -0.121. The Morgan fingerprint density at radius 2 is 1.79 bits per heavy atom. The van der Waals surface area contributed by atoms with E-state index in [0.717, 1.165) is 69.8 Å². The standard InChI is InChI=1S/C27H31F2N3O/c28-24-6-5-23(26(29)17-24)16-27(33)31-25-7-2-19(3-8-25)9-12-32-13-10-21-4-1-20(18-30)15-22(21)11-14-32/h1,4-6,15,17,19,25H,2-3,7-14,16H2,(H,31,33). The van der Waals surface area contributed by atoms with Crippen molar-refractivity contribution in [3.63, 3.8) is 0 Å². The smallest absolute Gasteiger partial charge is 0.224 e. The first-order valence-electron chi connectivity index (χ1n) is 12.0. The van der Waals surface area contributed by atoms with Crippen molar-refractivity contribution in [2.75, 3.05) is 19.6 Å². The molecule has 0 unspecified atom stereocenters. The fourth-order valence-electron chi connectivity index (χ4n) is 5.14. The summed E-state index contributed by atoms with van der Waals surface area (Å²) >= 11 is 0. The molecule has 6 heteroatoms. The molecule has 0 bridgehead atoms. The van der Waals surface area contributed by atoms with E-state index in [1.54, 1.807) is 0 Å². The molecular formula is C27H31F2N3O. The fraction of sp³-hybridized carbons (Fsp3) is 0.481. The molecule has 1 fully saturated rings. The lowest BCUT2D eigenvalue weighted by atomic mass is 9.84. The van der Waals surface area contributed by atoms with Gasteiger partial charge in [0.2, 0.25) is 5.91 Å². The maximum atomic E-state index is 13.8. The van der Waals surface area contributed by atoms with Crippen molar-refractivity contribution in [3.8, 4) is 6.07 Å². The number of benzene rings is 2. The van der Waals surface area contributed by atoms with Gasteiger partial charge < -0.3 is 10.2 Å². The van der Waals surface area contributed by atoms with Crippen molar-refractivity contribution in [2.45, 2.75) is 57.4 Å². The summed E-state index contributed by atoms with van der Waals surface area (Å²) in [6.45, 7) is 3.18. The number of halogens is 2. The molecule has 1 aliphatic heterocycles. The van der Waals surface area contributed by atoms with Gasteiger partial charge in [0, 0.05) is 25.2 Å². The van der Waals surface area contributed by atoms with Crippen LogP contribution >= 0.6 is 0 Å². The normalized spacial score (nSPS) is 21.0. The first-order chi connectivity index (χ1) is 16.0. The van der Waals surface area contributed by atoms with Crippen molar-refractivity contribution >= 4 is 5.91 Å². The molecule has 2 aromatic rings. The number of carbonyl (C=O) groups is 1. The van der Waals surface area contributed by atoms with Gasteiger partial charge >= 0.3 is 0 Å². The third-order valence-corrected chi connectivity index (χ3v) is 7.16. The highest BCUT2D eigenvalue weighted by atomic mass is 19.1. The summed E-state index contributed by atoms with van der Waals surface area (Å²) in [5.41, 5.74) is 3.65. The molecule has 1 saturated carbocycles. The molecule has 0 atom stereocenters. The summed E-state index contributed by atoms with van der Waals surface area (Å²) in [7, 11) is 0. The van der Waals surface area contributed by atoms with Crippen molar-refractivity contribution in [2.24, 2.45) is 5.92 Å². The van der Waals surface area contributed by atoms with E-state index in [1.807, 2.05) is 12.1 Å². The van der Waals surface area contributed by atoms with Gasteiger partial charge in [0.15, 0.2) is 0 Å². The fourth-order valence-corrected chi connectivity index (χ4v) is 5.14. The van der Waals surface area contributed by atoms with Gasteiger partial charge in [-0.1, -0.05) is 12.1 Å². The zero-order chi connectivity index (χ0) is 23.2. The third kappa shape index (κ3) is 6.39. The molecule has 2 aromatic carbocycles. The topological polar surface area (TPSA) is 56.1 Å². The summed E-state index contributed by atoms with van der Waals surface area (Å²) in [6.07, 6.45) is 7.23. The Balaban J connectivity index is 1.17. The van der Waals surface area contributed by atoms with E-state index < -0.39 is 11.6 Å². The molecule has 1 aliphatic carbocycles. The number of fused-ring (bicyclic) bond motifs is 1. The number of hydrogen-bond acceptors (Lipinski definition) is 3. The van der Waals surface area contributed by atoms with Gasteiger partial charge in [-0.3, -0.25) is 4.79 Å². The molecule has 4 nitrogen and oxygen atoms in total. The SMILES string of the molecule is N#Cc1ccc2c(c1)CCN(CCC1CCC(NC(=O)Cc3ccc(F)cc3F)CC1)CC2. The van der Waals surface area contributed by atoms with E-state index in [1.165, 1.54) is 29.7 Å². The van der Waals surface area contributed by atoms with Gasteiger partial charge in [0.05, 0.1) is 18.1 Å². The number of amides is 1. The van der Waals surface area contributed by atoms with Crippen LogP contribution in [0.1, 0.15) is 54.4 Å². The van der Waals surface area contributed by atoms with Gasteiger partial charge in [-0.05, 0) is 92.3 Å². The van der Waals surface area contributed by atoms with Crippen LogP contribution in [0.25, 0.3) is 0 Å². The Hall–Kier alpha value is -2.78. The lowest BCUT2D eigenvalue weighted by Crippen LogP contribution is -2.39. The predicted molar refractivity (Wildman–Crippen MR) is 124 cm³/mol. The lowest BCUT2D eigenvalue weighted by Gasteiger charge is -2.30. The van der Waals surface area contributed by atoms with Crippen LogP contribution in [0.5, 0.6) is 0 Å². The van der Waals surface area contributed by atoms with Crippen LogP contribution in [0, 0.1) is 28.9 Å². The molecule has 4 rings (SSSR count). The number of nitrogens with one attached hydrogen (secondary N) is 1. The maximum absolute atomic E-state index is 13.8. The monoisotopic (exact) mass is 451 g/mol. The van der Waals surface area contributed by atoms with Crippen LogP contribution in [0.2, 0.25) is 0 Å². The minimum Gasteiger partial charge on any atom is -0.353 e. The molecule has 2 aliphatic rings. The van der Waals surface area contributed by atoms with Crippen LogP contribution in [0.15, 0.2) is 36.4 Å². The van der Waals surface area contributed by atoms with E-state index >= 15 is 0 Å². The Bertz CT molecular complexity index is 1020. The molecule has 174 valence electrons.